The van der Waals surface area contributed by atoms with Gasteiger partial charge in [-0.05, 0) is 48.4 Å². The molecule has 0 saturated heterocycles. The summed E-state index contributed by atoms with van der Waals surface area (Å²) in [7, 11) is -3.89. The van der Waals surface area contributed by atoms with Gasteiger partial charge in [0.2, 0.25) is 0 Å². The molecule has 7 heteroatoms. The van der Waals surface area contributed by atoms with Crippen LogP contribution in [0, 0.1) is 6.92 Å². The van der Waals surface area contributed by atoms with Gasteiger partial charge in [0, 0.05) is 16.5 Å². The van der Waals surface area contributed by atoms with Gasteiger partial charge in [-0.2, -0.15) is 17.9 Å². The number of sulfonamides is 1. The quantitative estimate of drug-likeness (QED) is 0.507. The van der Waals surface area contributed by atoms with E-state index in [9.17, 15) is 8.42 Å². The Bertz CT molecular complexity index is 1170. The van der Waals surface area contributed by atoms with Gasteiger partial charge in [0.1, 0.15) is 0 Å². The standard InChI is InChI=1S/C22H18Cl2N2O2S/c1-15-6-8-16(9-7-15)21-14-22(19-4-2-3-5-20(19)24)26(25-21)29(27,28)18-12-10-17(23)11-13-18/h2-13,22H,14H2,1H3. The van der Waals surface area contributed by atoms with Gasteiger partial charge >= 0.3 is 0 Å². The summed E-state index contributed by atoms with van der Waals surface area (Å²) in [5.74, 6) is 0. The minimum absolute atomic E-state index is 0.132. The Hall–Kier alpha value is -2.34. The van der Waals surface area contributed by atoms with Crippen LogP contribution in [0.25, 0.3) is 0 Å². The van der Waals surface area contributed by atoms with Crippen molar-refractivity contribution in [2.75, 3.05) is 0 Å². The van der Waals surface area contributed by atoms with Crippen molar-refractivity contribution in [3.8, 4) is 0 Å². The number of aryl methyl sites for hydroxylation is 1. The Balaban J connectivity index is 1.82. The zero-order valence-electron chi connectivity index (χ0n) is 15.6. The van der Waals surface area contributed by atoms with E-state index in [1.807, 2.05) is 49.4 Å². The molecular formula is C22H18Cl2N2O2S. The highest BCUT2D eigenvalue weighted by atomic mass is 35.5. The van der Waals surface area contributed by atoms with E-state index in [4.69, 9.17) is 23.2 Å². The van der Waals surface area contributed by atoms with Gasteiger partial charge in [-0.3, -0.25) is 0 Å². The van der Waals surface area contributed by atoms with Crippen molar-refractivity contribution < 1.29 is 8.42 Å². The second-order valence-corrected chi connectivity index (χ2v) is 9.52. The number of nitrogens with zero attached hydrogens (tertiary/aromatic N) is 2. The van der Waals surface area contributed by atoms with Crippen LogP contribution < -0.4 is 0 Å². The van der Waals surface area contributed by atoms with Gasteiger partial charge in [-0.15, -0.1) is 0 Å². The molecule has 0 fully saturated rings. The van der Waals surface area contributed by atoms with E-state index in [2.05, 4.69) is 5.10 Å². The van der Waals surface area contributed by atoms with Crippen LogP contribution in [0.1, 0.15) is 29.2 Å². The van der Waals surface area contributed by atoms with Gasteiger partial charge in [0.05, 0.1) is 16.6 Å². The fourth-order valence-corrected chi connectivity index (χ4v) is 5.14. The Kier molecular flexibility index (Phi) is 5.38. The second-order valence-electron chi connectivity index (χ2n) is 6.89. The average Bonchev–Trinajstić information content (AvgIpc) is 3.15. The van der Waals surface area contributed by atoms with Crippen molar-refractivity contribution in [1.82, 2.24) is 4.41 Å². The molecular weight excluding hydrogens is 427 g/mol. The van der Waals surface area contributed by atoms with Gasteiger partial charge < -0.3 is 0 Å². The fraction of sp³-hybridized carbons (Fsp3) is 0.136. The van der Waals surface area contributed by atoms with Crippen LogP contribution >= 0.6 is 23.2 Å². The largest absolute Gasteiger partial charge is 0.279 e. The maximum Gasteiger partial charge on any atom is 0.279 e. The molecule has 0 radical (unpaired) electrons. The first-order chi connectivity index (χ1) is 13.9. The molecule has 0 spiro atoms. The van der Waals surface area contributed by atoms with E-state index in [0.717, 1.165) is 16.7 Å². The summed E-state index contributed by atoms with van der Waals surface area (Å²) < 4.78 is 28.0. The fourth-order valence-electron chi connectivity index (χ4n) is 3.32. The average molecular weight is 445 g/mol. The molecule has 1 aliphatic heterocycles. The summed E-state index contributed by atoms with van der Waals surface area (Å²) in [6, 6.07) is 20.7. The molecule has 0 saturated carbocycles. The molecule has 3 aromatic carbocycles. The third kappa shape index (κ3) is 3.90. The zero-order valence-corrected chi connectivity index (χ0v) is 17.9. The minimum Gasteiger partial charge on any atom is -0.200 e. The summed E-state index contributed by atoms with van der Waals surface area (Å²) >= 11 is 12.3. The monoisotopic (exact) mass is 444 g/mol. The van der Waals surface area contributed by atoms with Crippen LogP contribution in [0.2, 0.25) is 10.0 Å². The number of benzene rings is 3. The molecule has 3 aromatic rings. The molecule has 148 valence electrons. The topological polar surface area (TPSA) is 49.7 Å². The lowest BCUT2D eigenvalue weighted by Gasteiger charge is -2.24. The molecule has 0 aromatic heterocycles. The van der Waals surface area contributed by atoms with Crippen molar-refractivity contribution in [3.63, 3.8) is 0 Å². The first-order valence-corrected chi connectivity index (χ1v) is 11.2. The van der Waals surface area contributed by atoms with Crippen LogP contribution in [0.4, 0.5) is 0 Å². The summed E-state index contributed by atoms with van der Waals surface area (Å²) in [6.45, 7) is 2.00. The number of hydrogen-bond donors (Lipinski definition) is 0. The zero-order chi connectivity index (χ0) is 20.6. The Labute approximate surface area is 180 Å². The van der Waals surface area contributed by atoms with Gasteiger partial charge in [-0.1, -0.05) is 71.2 Å². The maximum atomic E-state index is 13.4. The number of hydrazone groups is 1. The highest BCUT2D eigenvalue weighted by Crippen LogP contribution is 2.39. The first-order valence-electron chi connectivity index (χ1n) is 9.05. The van der Waals surface area contributed by atoms with Crippen LogP contribution in [0.5, 0.6) is 0 Å². The lowest BCUT2D eigenvalue weighted by Crippen LogP contribution is -2.27. The highest BCUT2D eigenvalue weighted by molar-refractivity contribution is 7.89. The lowest BCUT2D eigenvalue weighted by atomic mass is 9.98. The summed E-state index contributed by atoms with van der Waals surface area (Å²) in [5, 5.41) is 5.51. The Morgan fingerprint density at radius 1 is 0.931 bits per heavy atom. The van der Waals surface area contributed by atoms with E-state index >= 15 is 0 Å². The minimum atomic E-state index is -3.89. The molecule has 0 amide bonds. The van der Waals surface area contributed by atoms with Crippen LogP contribution in [-0.2, 0) is 10.0 Å². The molecule has 0 bridgehead atoms. The van der Waals surface area contributed by atoms with Crippen molar-refractivity contribution in [2.24, 2.45) is 5.10 Å². The highest BCUT2D eigenvalue weighted by Gasteiger charge is 2.38. The Morgan fingerprint density at radius 3 is 2.24 bits per heavy atom. The van der Waals surface area contributed by atoms with E-state index < -0.39 is 16.1 Å². The van der Waals surface area contributed by atoms with Crippen molar-refractivity contribution >= 4 is 38.9 Å². The lowest BCUT2D eigenvalue weighted by molar-refractivity contribution is 0.371. The third-order valence-corrected chi connectivity index (χ3v) is 7.17. The predicted molar refractivity (Wildman–Crippen MR) is 117 cm³/mol. The van der Waals surface area contributed by atoms with Gasteiger partial charge in [0.25, 0.3) is 10.0 Å². The van der Waals surface area contributed by atoms with Crippen LogP contribution in [0.15, 0.2) is 82.8 Å². The van der Waals surface area contributed by atoms with E-state index in [0.29, 0.717) is 22.2 Å². The molecule has 0 aliphatic carbocycles. The first kappa shape index (κ1) is 20.0. The molecule has 4 rings (SSSR count). The van der Waals surface area contributed by atoms with E-state index in [-0.39, 0.29) is 4.90 Å². The second kappa shape index (κ2) is 7.82. The predicted octanol–water partition coefficient (Wildman–Crippen LogP) is 5.84. The SMILES string of the molecule is Cc1ccc(C2=NN(S(=O)(=O)c3ccc(Cl)cc3)C(c3ccccc3Cl)C2)cc1. The van der Waals surface area contributed by atoms with E-state index in [1.54, 1.807) is 18.2 Å². The third-order valence-electron chi connectivity index (χ3n) is 4.88. The number of halogens is 2. The maximum absolute atomic E-state index is 13.4. The number of hydrogen-bond acceptors (Lipinski definition) is 3. The molecule has 4 nitrogen and oxygen atoms in total. The normalized spacial score (nSPS) is 16.7. The van der Waals surface area contributed by atoms with Gasteiger partial charge in [-0.25, -0.2) is 0 Å². The van der Waals surface area contributed by atoms with Gasteiger partial charge in [0.15, 0.2) is 0 Å². The van der Waals surface area contributed by atoms with Crippen molar-refractivity contribution in [2.45, 2.75) is 24.3 Å². The van der Waals surface area contributed by atoms with Crippen LogP contribution in [0.3, 0.4) is 0 Å². The van der Waals surface area contributed by atoms with Crippen molar-refractivity contribution in [1.29, 1.82) is 0 Å². The van der Waals surface area contributed by atoms with Crippen molar-refractivity contribution in [3.05, 3.63) is 99.5 Å². The molecule has 1 atom stereocenters. The summed E-state index contributed by atoms with van der Waals surface area (Å²) in [6.07, 6.45) is 0.430. The summed E-state index contributed by atoms with van der Waals surface area (Å²) in [5.41, 5.74) is 3.44. The summed E-state index contributed by atoms with van der Waals surface area (Å²) in [4.78, 5) is 0.132. The van der Waals surface area contributed by atoms with Crippen LogP contribution in [-0.4, -0.2) is 18.5 Å². The smallest absolute Gasteiger partial charge is 0.200 e. The number of rotatable bonds is 4. The Morgan fingerprint density at radius 2 is 1.59 bits per heavy atom. The molecule has 0 N–H and O–H groups in total. The molecule has 1 heterocycles. The van der Waals surface area contributed by atoms with E-state index in [1.165, 1.54) is 16.5 Å². The molecule has 1 aliphatic rings. The molecule has 29 heavy (non-hydrogen) atoms. The molecule has 1 unspecified atom stereocenters.